The van der Waals surface area contributed by atoms with E-state index in [0.29, 0.717) is 79.4 Å². The summed E-state index contributed by atoms with van der Waals surface area (Å²) in [4.78, 5) is 84.7. The summed E-state index contributed by atoms with van der Waals surface area (Å²) < 4.78 is 5.16. The van der Waals surface area contributed by atoms with E-state index in [1.807, 2.05) is 223 Å². The summed E-state index contributed by atoms with van der Waals surface area (Å²) in [7, 11) is 4.01. The van der Waals surface area contributed by atoms with Crippen LogP contribution in [0.1, 0.15) is 79.0 Å². The Kier molecular flexibility index (Phi) is 22.1. The van der Waals surface area contributed by atoms with Crippen molar-refractivity contribution < 1.29 is 0 Å². The lowest BCUT2D eigenvalue weighted by Gasteiger charge is -2.22. The quantitative estimate of drug-likeness (QED) is 0.0766. The van der Waals surface area contributed by atoms with Crippen LogP contribution in [0.5, 0.6) is 0 Å². The third kappa shape index (κ3) is 15.7. The lowest BCUT2D eigenvalue weighted by atomic mass is 9.97. The number of nitrogens with zero attached hydrogens (tertiary/aromatic N) is 15. The van der Waals surface area contributed by atoms with Crippen LogP contribution in [-0.4, -0.2) is 57.7 Å². The number of nitriles is 1. The summed E-state index contributed by atoms with van der Waals surface area (Å²) in [6.45, 7) is 41.0. The average molecular weight is 1470 g/mol. The molecule has 6 heterocycles. The first kappa shape index (κ1) is 74.8. The van der Waals surface area contributed by atoms with E-state index in [1.54, 1.807) is 58.7 Å². The standard InChI is InChI=1S/C31H28N6O.2C30H22N6O/c1-20(34-30-27(32-3)19-33-21(2)35-30)28-18-23-10-9-13-26(22-14-16-24(17-15-22)36(4)5)29(23)31(38)37(28)25-11-7-6-8-12-25;1-19(34-29-26(32-4)18-33-20(2)35-29)27-17-22-11-9-15-25(21-10-8-12-23(16-21)31-3)28(22)30(37)36(27)24-13-6-5-7-14-24;1-19(34-29-26(32-3)18-33-20(2)35-29)27-16-23-8-7-11-25(22-14-12-21(17-31)13-15-22)28(23)30(37)36(27)24-9-5-4-6-10-24/h6-20H,1-2,4-5H3,(H,33,34,35);5-19H,1-2H3,(H,33,34,35);4-16,18-19H,1-2H3,(H,33,34,35)/t20-;2*19-/m000/s1. The summed E-state index contributed by atoms with van der Waals surface area (Å²) >= 11 is 0. The number of benzene rings is 9. The van der Waals surface area contributed by atoms with Crippen LogP contribution in [0, 0.1) is 58.4 Å². The Morgan fingerprint density at radius 2 is 0.723 bits per heavy atom. The van der Waals surface area contributed by atoms with E-state index in [2.05, 4.69) is 100 Å². The summed E-state index contributed by atoms with van der Waals surface area (Å²) in [6, 6.07) is 76.0. The van der Waals surface area contributed by atoms with Gasteiger partial charge in [-0.3, -0.25) is 43.0 Å². The lowest BCUT2D eigenvalue weighted by molar-refractivity contribution is 0.772. The fourth-order valence-corrected chi connectivity index (χ4v) is 13.6. The first-order valence-corrected chi connectivity index (χ1v) is 35.8. The van der Waals surface area contributed by atoms with Crippen molar-refractivity contribution in [2.75, 3.05) is 34.9 Å². The number of aryl methyl sites for hydroxylation is 3. The second-order valence-electron chi connectivity index (χ2n) is 26.6. The number of para-hydroxylation sites is 3. The van der Waals surface area contributed by atoms with Crippen LogP contribution in [-0.2, 0) is 0 Å². The highest BCUT2D eigenvalue weighted by Crippen LogP contribution is 2.37. The number of aromatic nitrogens is 9. The molecule has 0 aliphatic heterocycles. The van der Waals surface area contributed by atoms with Crippen LogP contribution in [0.25, 0.3) is 102 Å². The maximum atomic E-state index is 14.3. The highest BCUT2D eigenvalue weighted by Gasteiger charge is 2.25. The van der Waals surface area contributed by atoms with Gasteiger partial charge in [0.25, 0.3) is 16.7 Å². The van der Waals surface area contributed by atoms with E-state index < -0.39 is 0 Å². The molecule has 0 aliphatic rings. The molecule has 0 unspecified atom stereocenters. The van der Waals surface area contributed by atoms with Gasteiger partial charge in [-0.1, -0.05) is 152 Å². The number of fused-ring (bicyclic) bond motifs is 3. The van der Waals surface area contributed by atoms with Crippen LogP contribution >= 0.6 is 0 Å². The van der Waals surface area contributed by atoms with Crippen molar-refractivity contribution in [3.05, 3.63) is 372 Å². The Bertz CT molecular complexity index is 6510. The van der Waals surface area contributed by atoms with Crippen molar-refractivity contribution >= 4 is 78.2 Å². The van der Waals surface area contributed by atoms with Crippen LogP contribution in [0.4, 0.5) is 45.9 Å². The van der Waals surface area contributed by atoms with Crippen LogP contribution in [0.3, 0.4) is 0 Å². The van der Waals surface area contributed by atoms with Crippen LogP contribution < -0.4 is 37.5 Å². The molecule has 0 spiro atoms. The Morgan fingerprint density at radius 3 is 1.04 bits per heavy atom. The molecule has 0 radical (unpaired) electrons. The van der Waals surface area contributed by atoms with E-state index in [4.69, 9.17) is 26.3 Å². The molecule has 6 aromatic heterocycles. The van der Waals surface area contributed by atoms with Gasteiger partial charge < -0.3 is 20.9 Å². The minimum absolute atomic E-state index is 0.103. The maximum Gasteiger partial charge on any atom is 0.263 e. The van der Waals surface area contributed by atoms with Gasteiger partial charge in [0, 0.05) is 72.5 Å². The molecule has 0 aliphatic carbocycles. The van der Waals surface area contributed by atoms with Crippen molar-refractivity contribution in [1.29, 1.82) is 5.26 Å². The highest BCUT2D eigenvalue weighted by molar-refractivity contribution is 5.99. The summed E-state index contributed by atoms with van der Waals surface area (Å²) in [5.74, 6) is 2.96. The molecule has 0 saturated carbocycles. The third-order valence-electron chi connectivity index (χ3n) is 19.0. The molecule has 9 aromatic carbocycles. The van der Waals surface area contributed by atoms with Crippen molar-refractivity contribution in [1.82, 2.24) is 43.6 Å². The monoisotopic (exact) mass is 1460 g/mol. The molecule has 3 atom stereocenters. The zero-order valence-corrected chi connectivity index (χ0v) is 62.4. The first-order valence-electron chi connectivity index (χ1n) is 35.8. The Morgan fingerprint density at radius 1 is 0.393 bits per heavy atom. The number of anilines is 4. The normalized spacial score (nSPS) is 11.5. The van der Waals surface area contributed by atoms with Crippen molar-refractivity contribution in [3.63, 3.8) is 0 Å². The molecule has 3 N–H and O–H groups in total. The van der Waals surface area contributed by atoms with Crippen molar-refractivity contribution in [2.24, 2.45) is 0 Å². The van der Waals surface area contributed by atoms with Crippen molar-refractivity contribution in [3.8, 4) is 56.5 Å². The average Bonchev–Trinajstić information content (AvgIpc) is 0.760. The van der Waals surface area contributed by atoms with Gasteiger partial charge in [0.1, 0.15) is 34.9 Å². The van der Waals surface area contributed by atoms with Crippen molar-refractivity contribution in [2.45, 2.75) is 59.7 Å². The van der Waals surface area contributed by atoms with E-state index in [1.165, 1.54) is 18.6 Å². The molecule has 21 heteroatoms. The van der Waals surface area contributed by atoms with Gasteiger partial charge in [-0.2, -0.15) is 5.26 Å². The van der Waals surface area contributed by atoms with Crippen LogP contribution in [0.2, 0.25) is 0 Å². The van der Waals surface area contributed by atoms with Gasteiger partial charge in [0.15, 0.2) is 5.69 Å². The fourth-order valence-electron chi connectivity index (χ4n) is 13.6. The Hall–Kier alpha value is -15.5. The third-order valence-corrected chi connectivity index (χ3v) is 19.0. The molecule has 544 valence electrons. The molecule has 112 heavy (non-hydrogen) atoms. The lowest BCUT2D eigenvalue weighted by Crippen LogP contribution is -2.26. The molecule has 15 aromatic rings. The zero-order chi connectivity index (χ0) is 78.7. The Balaban J connectivity index is 0.000000147. The number of hydrogen-bond acceptors (Lipinski definition) is 14. The predicted molar refractivity (Wildman–Crippen MR) is 445 cm³/mol. The SMILES string of the molecule is [C-]#[N+]c1cccc(-c2cccc3cc([C@H](C)Nc4nc(C)ncc4[N+]#[C-])n(-c4ccccc4)c(=O)c23)c1.[C-]#[N+]c1cnc(C)nc1N[C@@H](C)c1cc2cccc(-c3ccc(C#N)cc3)c2c(=O)n1-c1ccccc1.[C-]#[N+]c1cnc(C)nc1N[C@@H](C)c1cc2cccc(-c3ccc(N(C)C)cc3)c2c(=O)n1-c1ccccc1. The van der Waals surface area contributed by atoms with E-state index in [0.717, 1.165) is 89.4 Å². The summed E-state index contributed by atoms with van der Waals surface area (Å²) in [6.07, 6.45) is 4.51. The summed E-state index contributed by atoms with van der Waals surface area (Å²) in [5.41, 5.74) is 12.3. The zero-order valence-electron chi connectivity index (χ0n) is 62.4. The number of hydrogen-bond donors (Lipinski definition) is 3. The predicted octanol–water partition coefficient (Wildman–Crippen LogP) is 19.9. The molecule has 15 rings (SSSR count). The van der Waals surface area contributed by atoms with Gasteiger partial charge in [-0.05, 0) is 176 Å². The van der Waals surface area contributed by atoms with Gasteiger partial charge in [0.2, 0.25) is 17.1 Å². The first-order chi connectivity index (χ1) is 54.4. The van der Waals surface area contributed by atoms with Gasteiger partial charge in [0.05, 0.1) is 72.2 Å². The fraction of sp³-hybridized carbons (Fsp3) is 0.121. The van der Waals surface area contributed by atoms with Gasteiger partial charge in [-0.25, -0.2) is 34.3 Å². The van der Waals surface area contributed by atoms with Gasteiger partial charge >= 0.3 is 0 Å². The highest BCUT2D eigenvalue weighted by atomic mass is 16.1. The number of rotatable bonds is 16. The smallest absolute Gasteiger partial charge is 0.263 e. The minimum Gasteiger partial charge on any atom is -0.378 e. The summed E-state index contributed by atoms with van der Waals surface area (Å²) in [5, 5.41) is 23.4. The van der Waals surface area contributed by atoms with Gasteiger partial charge in [-0.15, -0.1) is 0 Å². The molecule has 0 fully saturated rings. The molecule has 0 bridgehead atoms. The molecule has 0 saturated heterocycles. The van der Waals surface area contributed by atoms with E-state index in [9.17, 15) is 19.6 Å². The molecular weight excluding hydrogens is 1390 g/mol. The topological polar surface area (TPSA) is 224 Å². The van der Waals surface area contributed by atoms with E-state index in [-0.39, 0.29) is 34.8 Å². The second kappa shape index (κ2) is 33.1. The maximum absolute atomic E-state index is 14.3. The number of pyridine rings is 3. The Labute approximate surface area is 646 Å². The molecular formula is C91H72N18O3. The number of nitrogens with one attached hydrogen (secondary N) is 3. The van der Waals surface area contributed by atoms with Crippen LogP contribution in [0.15, 0.2) is 270 Å². The second-order valence-corrected chi connectivity index (χ2v) is 26.6. The minimum atomic E-state index is -0.360. The van der Waals surface area contributed by atoms with E-state index >= 15 is 0 Å². The molecule has 0 amide bonds. The molecule has 21 nitrogen and oxygen atoms in total. The largest absolute Gasteiger partial charge is 0.378 e.